The monoisotopic (exact) mass is 219 g/mol. The topological polar surface area (TPSA) is 104 Å². The van der Waals surface area contributed by atoms with Crippen molar-refractivity contribution in [3.8, 4) is 11.5 Å². The molecule has 5 N–H and O–H groups in total. The summed E-state index contributed by atoms with van der Waals surface area (Å²) < 4.78 is 0. The van der Waals surface area contributed by atoms with Crippen molar-refractivity contribution in [1.29, 1.82) is 0 Å². The number of aromatic hydroxyl groups is 2. The highest BCUT2D eigenvalue weighted by Crippen LogP contribution is 2.28. The maximum absolute atomic E-state index is 10.5. The van der Waals surface area contributed by atoms with Gasteiger partial charge in [-0.05, 0) is 17.7 Å². The van der Waals surface area contributed by atoms with Gasteiger partial charge in [0.2, 0.25) is 0 Å². The Morgan fingerprint density at radius 2 is 1.71 bits per heavy atom. The number of nitrogens with two attached hydrogens (primary N) is 1. The van der Waals surface area contributed by atoms with Gasteiger partial charge in [0.05, 0.1) is 0 Å². The van der Waals surface area contributed by atoms with Crippen LogP contribution in [0.25, 0.3) is 0 Å². The second kappa shape index (κ2) is 4.69. The molecular formula is C8H10ClNO4. The van der Waals surface area contributed by atoms with E-state index in [9.17, 15) is 15.0 Å². The lowest BCUT2D eigenvalue weighted by Crippen LogP contribution is -2.01. The SMILES string of the molecule is Cl.NCc1cc(O)c(C(=O)O)c(O)c1. The molecule has 1 rings (SSSR count). The molecule has 0 aliphatic carbocycles. The van der Waals surface area contributed by atoms with Crippen LogP contribution in [0, 0.1) is 0 Å². The minimum atomic E-state index is -1.38. The van der Waals surface area contributed by atoms with E-state index in [0.717, 1.165) is 0 Å². The molecule has 0 aromatic heterocycles. The smallest absolute Gasteiger partial charge is 0.343 e. The van der Waals surface area contributed by atoms with Gasteiger partial charge >= 0.3 is 5.97 Å². The zero-order valence-electron chi connectivity index (χ0n) is 7.10. The number of carboxylic acids is 1. The number of phenols is 2. The summed E-state index contributed by atoms with van der Waals surface area (Å²) in [5, 5.41) is 26.9. The molecule has 0 spiro atoms. The van der Waals surface area contributed by atoms with Crippen LogP contribution in [-0.4, -0.2) is 21.3 Å². The van der Waals surface area contributed by atoms with Crippen LogP contribution in [0.5, 0.6) is 11.5 Å². The molecule has 5 nitrogen and oxygen atoms in total. The third kappa shape index (κ3) is 2.27. The Hall–Kier alpha value is -1.46. The first-order valence-corrected chi connectivity index (χ1v) is 3.54. The number of aromatic carboxylic acids is 1. The van der Waals surface area contributed by atoms with E-state index in [0.29, 0.717) is 5.56 Å². The summed E-state index contributed by atoms with van der Waals surface area (Å²) in [6, 6.07) is 2.42. The van der Waals surface area contributed by atoms with Crippen LogP contribution in [0.4, 0.5) is 0 Å². The zero-order valence-corrected chi connectivity index (χ0v) is 7.91. The molecule has 0 atom stereocenters. The van der Waals surface area contributed by atoms with E-state index < -0.39 is 23.0 Å². The molecule has 0 heterocycles. The zero-order chi connectivity index (χ0) is 10.0. The van der Waals surface area contributed by atoms with Gasteiger partial charge in [0.1, 0.15) is 17.1 Å². The first-order chi connectivity index (χ1) is 6.06. The van der Waals surface area contributed by atoms with Crippen LogP contribution in [0.15, 0.2) is 12.1 Å². The van der Waals surface area contributed by atoms with Gasteiger partial charge in [0, 0.05) is 6.54 Å². The van der Waals surface area contributed by atoms with Gasteiger partial charge in [0.25, 0.3) is 0 Å². The summed E-state index contributed by atoms with van der Waals surface area (Å²) in [7, 11) is 0. The lowest BCUT2D eigenvalue weighted by atomic mass is 10.1. The number of halogens is 1. The molecule has 0 amide bonds. The Morgan fingerprint density at radius 1 is 1.29 bits per heavy atom. The van der Waals surface area contributed by atoms with E-state index in [1.165, 1.54) is 12.1 Å². The molecular weight excluding hydrogens is 210 g/mol. The molecule has 14 heavy (non-hydrogen) atoms. The van der Waals surface area contributed by atoms with Crippen molar-refractivity contribution in [3.05, 3.63) is 23.3 Å². The highest BCUT2D eigenvalue weighted by atomic mass is 35.5. The van der Waals surface area contributed by atoms with Crippen LogP contribution in [0.1, 0.15) is 15.9 Å². The third-order valence-corrected chi connectivity index (χ3v) is 1.61. The summed E-state index contributed by atoms with van der Waals surface area (Å²) in [6.07, 6.45) is 0. The van der Waals surface area contributed by atoms with Crippen LogP contribution >= 0.6 is 12.4 Å². The van der Waals surface area contributed by atoms with Crippen molar-refractivity contribution < 1.29 is 20.1 Å². The molecule has 0 aliphatic rings. The standard InChI is InChI=1S/C8H9NO4.ClH/c9-3-4-1-5(10)7(8(12)13)6(11)2-4;/h1-2,10-11H,3,9H2,(H,12,13);1H. The Morgan fingerprint density at radius 3 is 2.00 bits per heavy atom. The summed E-state index contributed by atoms with van der Waals surface area (Å²) in [6.45, 7) is 0.126. The van der Waals surface area contributed by atoms with Crippen molar-refractivity contribution in [2.75, 3.05) is 0 Å². The van der Waals surface area contributed by atoms with Crippen LogP contribution in [-0.2, 0) is 6.54 Å². The Balaban J connectivity index is 0.00000169. The number of carbonyl (C=O) groups is 1. The number of rotatable bonds is 2. The maximum Gasteiger partial charge on any atom is 0.343 e. The fraction of sp³-hybridized carbons (Fsp3) is 0.125. The van der Waals surface area contributed by atoms with Crippen molar-refractivity contribution in [1.82, 2.24) is 0 Å². The molecule has 6 heteroatoms. The third-order valence-electron chi connectivity index (χ3n) is 1.61. The second-order valence-electron chi connectivity index (χ2n) is 2.52. The molecule has 0 fully saturated rings. The lowest BCUT2D eigenvalue weighted by molar-refractivity contribution is 0.0690. The van der Waals surface area contributed by atoms with Gasteiger partial charge in [-0.1, -0.05) is 0 Å². The Kier molecular flexibility index (Phi) is 4.20. The van der Waals surface area contributed by atoms with E-state index in [1.54, 1.807) is 0 Å². The summed E-state index contributed by atoms with van der Waals surface area (Å²) in [4.78, 5) is 10.5. The molecule has 0 unspecified atom stereocenters. The molecule has 0 saturated heterocycles. The highest BCUT2D eigenvalue weighted by Gasteiger charge is 2.15. The fourth-order valence-electron chi connectivity index (χ4n) is 1.01. The van der Waals surface area contributed by atoms with Crippen LogP contribution in [0.2, 0.25) is 0 Å². The van der Waals surface area contributed by atoms with E-state index in [2.05, 4.69) is 0 Å². The average molecular weight is 220 g/mol. The fourth-order valence-corrected chi connectivity index (χ4v) is 1.01. The van der Waals surface area contributed by atoms with Crippen molar-refractivity contribution >= 4 is 18.4 Å². The largest absolute Gasteiger partial charge is 0.507 e. The molecule has 1 aromatic carbocycles. The molecule has 0 radical (unpaired) electrons. The van der Waals surface area contributed by atoms with Crippen molar-refractivity contribution in [2.24, 2.45) is 5.73 Å². The lowest BCUT2D eigenvalue weighted by Gasteiger charge is -2.04. The normalized spacial score (nSPS) is 9.21. The number of carboxylic acid groups (broad SMARTS) is 1. The van der Waals surface area contributed by atoms with Gasteiger partial charge in [-0.2, -0.15) is 0 Å². The minimum absolute atomic E-state index is 0. The maximum atomic E-state index is 10.5. The van der Waals surface area contributed by atoms with E-state index >= 15 is 0 Å². The molecule has 0 saturated carbocycles. The average Bonchev–Trinajstić information content (AvgIpc) is 2.02. The summed E-state index contributed by atoms with van der Waals surface area (Å²) >= 11 is 0. The van der Waals surface area contributed by atoms with Crippen LogP contribution in [0.3, 0.4) is 0 Å². The first-order valence-electron chi connectivity index (χ1n) is 3.54. The van der Waals surface area contributed by atoms with Crippen molar-refractivity contribution in [2.45, 2.75) is 6.54 Å². The molecule has 0 bridgehead atoms. The van der Waals surface area contributed by atoms with Gasteiger partial charge in [-0.25, -0.2) is 4.79 Å². The molecule has 78 valence electrons. The van der Waals surface area contributed by atoms with Crippen LogP contribution < -0.4 is 5.73 Å². The first kappa shape index (κ1) is 12.5. The van der Waals surface area contributed by atoms with Gasteiger partial charge in [-0.3, -0.25) is 0 Å². The van der Waals surface area contributed by atoms with Crippen molar-refractivity contribution in [3.63, 3.8) is 0 Å². The Bertz CT molecular complexity index is 330. The predicted molar refractivity (Wildman–Crippen MR) is 51.9 cm³/mol. The second-order valence-corrected chi connectivity index (χ2v) is 2.52. The number of benzene rings is 1. The number of hydrogen-bond donors (Lipinski definition) is 4. The quantitative estimate of drug-likeness (QED) is 0.586. The molecule has 0 aliphatic heterocycles. The van der Waals surface area contributed by atoms with Gasteiger partial charge in [0.15, 0.2) is 0 Å². The van der Waals surface area contributed by atoms with Gasteiger partial charge in [-0.15, -0.1) is 12.4 Å². The van der Waals surface area contributed by atoms with E-state index in [4.69, 9.17) is 10.8 Å². The predicted octanol–water partition coefficient (Wildman–Crippen LogP) is 0.677. The Labute approximate surface area is 86.2 Å². The summed E-state index contributed by atoms with van der Waals surface area (Å²) in [5.41, 5.74) is 5.21. The summed E-state index contributed by atoms with van der Waals surface area (Å²) in [5.74, 6) is -2.33. The van der Waals surface area contributed by atoms with E-state index in [1.807, 2.05) is 0 Å². The number of hydrogen-bond acceptors (Lipinski definition) is 4. The minimum Gasteiger partial charge on any atom is -0.507 e. The van der Waals surface area contributed by atoms with E-state index in [-0.39, 0.29) is 19.0 Å². The van der Waals surface area contributed by atoms with Gasteiger partial charge < -0.3 is 21.1 Å². The highest BCUT2D eigenvalue weighted by molar-refractivity contribution is 5.94. The molecule has 1 aromatic rings.